The van der Waals surface area contributed by atoms with Crippen LogP contribution in [0.15, 0.2) is 6.20 Å². The van der Waals surface area contributed by atoms with Crippen molar-refractivity contribution in [1.29, 1.82) is 0 Å². The quantitative estimate of drug-likeness (QED) is 0.536. The Morgan fingerprint density at radius 3 is 2.37 bits per heavy atom. The summed E-state index contributed by atoms with van der Waals surface area (Å²) in [6.07, 6.45) is -12.9. The third kappa shape index (κ3) is 5.18. The highest BCUT2D eigenvalue weighted by Crippen LogP contribution is 2.40. The Hall–Kier alpha value is -2.55. The second kappa shape index (κ2) is 9.88. The van der Waals surface area contributed by atoms with E-state index in [1.54, 1.807) is 11.1 Å². The zero-order chi connectivity index (χ0) is 27.3. The molecule has 9 nitrogen and oxygen atoms in total. The van der Waals surface area contributed by atoms with Gasteiger partial charge in [-0.15, -0.1) is 0 Å². The third-order valence-electron chi connectivity index (χ3n) is 8.08. The van der Waals surface area contributed by atoms with Crippen LogP contribution in [-0.4, -0.2) is 106 Å². The first-order valence-electron chi connectivity index (χ1n) is 12.7. The number of imidazole rings is 1. The molecule has 1 aromatic heterocycles. The molecule has 5 rings (SSSR count). The summed E-state index contributed by atoms with van der Waals surface area (Å²) in [4.78, 5) is 35.2. The Labute approximate surface area is 214 Å². The smallest absolute Gasteiger partial charge is 0.426 e. The minimum absolute atomic E-state index is 0.122. The number of likely N-dealkylation sites (tertiary alicyclic amines) is 2. The van der Waals surface area contributed by atoms with Crippen molar-refractivity contribution in [3.05, 3.63) is 17.7 Å². The number of ether oxygens (including phenoxy) is 2. The number of alkyl halides is 6. The fourth-order valence-corrected chi connectivity index (χ4v) is 6.01. The summed E-state index contributed by atoms with van der Waals surface area (Å²) in [6.45, 7) is 3.77. The van der Waals surface area contributed by atoms with Gasteiger partial charge in [0.2, 0.25) is 0 Å². The summed E-state index contributed by atoms with van der Waals surface area (Å²) in [7, 11) is 0. The summed E-state index contributed by atoms with van der Waals surface area (Å²) >= 11 is 0. The molecule has 5 heterocycles. The standard InChI is InChI=1S/C23H29F6N5O4/c24-22(25,26)19(23(27,28)29)38-20(36)31-7-4-21(5-8-31)3-1-6-34(21)18(35)16-12-33-10-9-32(13-17(33)30-16)15-2-11-37-14-15/h12,15,19H,1-11,13-14H2. The molecule has 4 aliphatic heterocycles. The Morgan fingerprint density at radius 2 is 1.74 bits per heavy atom. The van der Waals surface area contributed by atoms with Crippen LogP contribution in [0.3, 0.4) is 0 Å². The van der Waals surface area contributed by atoms with Gasteiger partial charge in [-0.05, 0) is 32.1 Å². The van der Waals surface area contributed by atoms with Crippen molar-refractivity contribution in [2.45, 2.75) is 75.2 Å². The summed E-state index contributed by atoms with van der Waals surface area (Å²) in [5.41, 5.74) is -0.329. The lowest BCUT2D eigenvalue weighted by molar-refractivity contribution is -0.308. The molecule has 212 valence electrons. The Bertz CT molecular complexity index is 1030. The van der Waals surface area contributed by atoms with E-state index in [0.29, 0.717) is 50.8 Å². The van der Waals surface area contributed by atoms with Gasteiger partial charge in [0, 0.05) is 57.1 Å². The molecule has 15 heteroatoms. The topological polar surface area (TPSA) is 80.1 Å². The first-order chi connectivity index (χ1) is 17.9. The van der Waals surface area contributed by atoms with E-state index in [1.165, 1.54) is 0 Å². The number of carbonyl (C=O) groups is 2. The van der Waals surface area contributed by atoms with Crippen LogP contribution in [0.2, 0.25) is 0 Å². The van der Waals surface area contributed by atoms with Gasteiger partial charge < -0.3 is 23.8 Å². The highest BCUT2D eigenvalue weighted by Gasteiger charge is 2.60. The Morgan fingerprint density at radius 1 is 1.03 bits per heavy atom. The monoisotopic (exact) mass is 553 g/mol. The van der Waals surface area contributed by atoms with E-state index in [4.69, 9.17) is 4.74 Å². The average Bonchev–Trinajstić information content (AvgIpc) is 3.60. The number of amides is 2. The van der Waals surface area contributed by atoms with Crippen LogP contribution in [0.5, 0.6) is 0 Å². The summed E-state index contributed by atoms with van der Waals surface area (Å²) < 4.78 is 88.1. The van der Waals surface area contributed by atoms with Gasteiger partial charge in [-0.3, -0.25) is 9.69 Å². The summed E-state index contributed by atoms with van der Waals surface area (Å²) in [5, 5.41) is 0. The van der Waals surface area contributed by atoms with Crippen molar-refractivity contribution < 1.29 is 45.4 Å². The predicted molar refractivity (Wildman–Crippen MR) is 118 cm³/mol. The molecular weight excluding hydrogens is 524 g/mol. The fourth-order valence-electron chi connectivity index (χ4n) is 6.01. The SMILES string of the molecule is O=C(OC(C(F)(F)F)C(F)(F)F)N1CCC2(CCCN2C(=O)c2cn3c(n2)CN(C2CCOC2)CC3)CC1. The van der Waals surface area contributed by atoms with Gasteiger partial charge in [0.1, 0.15) is 11.5 Å². The van der Waals surface area contributed by atoms with E-state index < -0.39 is 30.1 Å². The van der Waals surface area contributed by atoms with Crippen molar-refractivity contribution in [1.82, 2.24) is 24.3 Å². The molecule has 0 N–H and O–H groups in total. The summed E-state index contributed by atoms with van der Waals surface area (Å²) in [6, 6.07) is 0.334. The third-order valence-corrected chi connectivity index (χ3v) is 8.08. The van der Waals surface area contributed by atoms with Crippen LogP contribution in [-0.2, 0) is 22.6 Å². The molecular formula is C23H29F6N5O4. The minimum atomic E-state index is -5.77. The maximum Gasteiger partial charge on any atom is 0.434 e. The van der Waals surface area contributed by atoms with E-state index >= 15 is 0 Å². The number of hydrogen-bond acceptors (Lipinski definition) is 6. The van der Waals surface area contributed by atoms with Crippen LogP contribution in [0.1, 0.15) is 48.4 Å². The van der Waals surface area contributed by atoms with Crippen LogP contribution in [0.25, 0.3) is 0 Å². The normalized spacial score (nSPS) is 24.3. The van der Waals surface area contributed by atoms with Gasteiger partial charge in [-0.25, -0.2) is 9.78 Å². The van der Waals surface area contributed by atoms with E-state index in [0.717, 1.165) is 30.3 Å². The van der Waals surface area contributed by atoms with Gasteiger partial charge in [-0.1, -0.05) is 0 Å². The molecule has 0 aromatic carbocycles. The number of aromatic nitrogens is 2. The van der Waals surface area contributed by atoms with Crippen LogP contribution in [0, 0.1) is 0 Å². The number of piperidine rings is 1. The Balaban J connectivity index is 1.22. The molecule has 3 fully saturated rings. The van der Waals surface area contributed by atoms with Gasteiger partial charge in [-0.2, -0.15) is 26.3 Å². The highest BCUT2D eigenvalue weighted by atomic mass is 19.4. The lowest BCUT2D eigenvalue weighted by Gasteiger charge is -2.44. The van der Waals surface area contributed by atoms with Gasteiger partial charge in [0.25, 0.3) is 12.0 Å². The zero-order valence-corrected chi connectivity index (χ0v) is 20.6. The maximum atomic E-state index is 13.5. The molecule has 0 bridgehead atoms. The number of halogens is 6. The van der Waals surface area contributed by atoms with Crippen LogP contribution < -0.4 is 0 Å². The van der Waals surface area contributed by atoms with E-state index in [-0.39, 0.29) is 31.8 Å². The number of carbonyl (C=O) groups excluding carboxylic acids is 2. The molecule has 4 aliphatic rings. The Kier molecular flexibility index (Phi) is 7.03. The highest BCUT2D eigenvalue weighted by molar-refractivity contribution is 5.93. The van der Waals surface area contributed by atoms with Gasteiger partial charge >= 0.3 is 18.4 Å². The number of fused-ring (bicyclic) bond motifs is 1. The van der Waals surface area contributed by atoms with Crippen LogP contribution >= 0.6 is 0 Å². The van der Waals surface area contributed by atoms with E-state index in [1.807, 2.05) is 4.57 Å². The number of rotatable bonds is 3. The number of nitrogens with zero attached hydrogens (tertiary/aromatic N) is 5. The number of hydrogen-bond donors (Lipinski definition) is 0. The zero-order valence-electron chi connectivity index (χ0n) is 20.6. The van der Waals surface area contributed by atoms with Crippen LogP contribution in [0.4, 0.5) is 31.1 Å². The minimum Gasteiger partial charge on any atom is -0.426 e. The van der Waals surface area contributed by atoms with Crippen molar-refractivity contribution in [3.63, 3.8) is 0 Å². The first-order valence-corrected chi connectivity index (χ1v) is 12.7. The molecule has 1 unspecified atom stereocenters. The molecule has 0 radical (unpaired) electrons. The lowest BCUT2D eigenvalue weighted by Crippen LogP contribution is -2.56. The molecule has 0 aliphatic carbocycles. The second-order valence-corrected chi connectivity index (χ2v) is 10.3. The molecule has 1 aromatic rings. The molecule has 3 saturated heterocycles. The summed E-state index contributed by atoms with van der Waals surface area (Å²) in [5.74, 6) is 0.534. The molecule has 38 heavy (non-hydrogen) atoms. The van der Waals surface area contributed by atoms with Crippen molar-refractivity contribution in [2.24, 2.45) is 0 Å². The van der Waals surface area contributed by atoms with Crippen molar-refractivity contribution >= 4 is 12.0 Å². The first kappa shape index (κ1) is 27.0. The van der Waals surface area contributed by atoms with Crippen molar-refractivity contribution in [3.8, 4) is 0 Å². The van der Waals surface area contributed by atoms with Crippen molar-refractivity contribution in [2.75, 3.05) is 39.4 Å². The maximum absolute atomic E-state index is 13.5. The predicted octanol–water partition coefficient (Wildman–Crippen LogP) is 3.19. The average molecular weight is 554 g/mol. The van der Waals surface area contributed by atoms with E-state index in [9.17, 15) is 35.9 Å². The molecule has 1 spiro atoms. The lowest BCUT2D eigenvalue weighted by atomic mass is 9.85. The molecule has 2 amide bonds. The molecule has 0 saturated carbocycles. The second-order valence-electron chi connectivity index (χ2n) is 10.3. The van der Waals surface area contributed by atoms with Gasteiger partial charge in [0.05, 0.1) is 13.2 Å². The van der Waals surface area contributed by atoms with E-state index in [2.05, 4.69) is 14.6 Å². The fraction of sp³-hybridized carbons (Fsp3) is 0.783. The molecule has 1 atom stereocenters. The largest absolute Gasteiger partial charge is 0.434 e. The van der Waals surface area contributed by atoms with Gasteiger partial charge in [0.15, 0.2) is 0 Å².